The van der Waals surface area contributed by atoms with Gasteiger partial charge in [-0.25, -0.2) is 0 Å². The van der Waals surface area contributed by atoms with Gasteiger partial charge in [-0.3, -0.25) is 10.3 Å². The minimum absolute atomic E-state index is 0.337. The van der Waals surface area contributed by atoms with Gasteiger partial charge in [0.1, 0.15) is 0 Å². The van der Waals surface area contributed by atoms with Crippen molar-refractivity contribution in [3.8, 4) is 0 Å². The molecule has 1 aromatic rings. The summed E-state index contributed by atoms with van der Waals surface area (Å²) < 4.78 is 0.883. The molecular weight excluding hydrogens is 276 g/mol. The van der Waals surface area contributed by atoms with E-state index in [1.54, 1.807) is 6.20 Å². The Hall–Kier alpha value is -0.530. The highest BCUT2D eigenvalue weighted by atomic mass is 79.9. The summed E-state index contributed by atoms with van der Waals surface area (Å²) in [5.74, 6) is 0. The quantitative estimate of drug-likeness (QED) is 0.575. The van der Waals surface area contributed by atoms with Gasteiger partial charge in [-0.2, -0.15) is 0 Å². The minimum Gasteiger partial charge on any atom is -0.394 e. The van der Waals surface area contributed by atoms with Crippen molar-refractivity contribution in [1.82, 2.24) is 10.3 Å². The lowest BCUT2D eigenvalue weighted by atomic mass is 10.0. The first-order chi connectivity index (χ1) is 7.65. The molecule has 0 fully saturated rings. The third kappa shape index (κ3) is 3.50. The summed E-state index contributed by atoms with van der Waals surface area (Å²) in [4.78, 5) is 4.13. The average Bonchev–Trinajstić information content (AvgIpc) is 2.34. The Bertz CT molecular complexity index is 306. The zero-order chi connectivity index (χ0) is 12.0. The molecule has 0 aliphatic heterocycles. The van der Waals surface area contributed by atoms with Gasteiger partial charge in [0, 0.05) is 17.2 Å². The Kier molecular flexibility index (Phi) is 5.30. The summed E-state index contributed by atoms with van der Waals surface area (Å²) in [5.41, 5.74) is -0.294. The molecule has 0 bridgehead atoms. The van der Waals surface area contributed by atoms with Gasteiger partial charge < -0.3 is 15.3 Å². The van der Waals surface area contributed by atoms with E-state index in [-0.39, 0.29) is 19.8 Å². The van der Waals surface area contributed by atoms with Crippen molar-refractivity contribution < 1.29 is 15.3 Å². The predicted molar refractivity (Wildman–Crippen MR) is 62.8 cm³/mol. The Morgan fingerprint density at radius 1 is 1.19 bits per heavy atom. The van der Waals surface area contributed by atoms with Gasteiger partial charge in [-0.1, -0.05) is 0 Å². The SMILES string of the molecule is OCC(CO)(CO)NCc1ccc(Br)cn1. The molecule has 0 unspecified atom stereocenters. The van der Waals surface area contributed by atoms with E-state index in [9.17, 15) is 0 Å². The number of hydrogen-bond donors (Lipinski definition) is 4. The molecule has 0 atom stereocenters. The van der Waals surface area contributed by atoms with Crippen LogP contribution in [0, 0.1) is 0 Å². The summed E-state index contributed by atoms with van der Waals surface area (Å²) in [5, 5.41) is 30.2. The van der Waals surface area contributed by atoms with E-state index in [1.165, 1.54) is 0 Å². The van der Waals surface area contributed by atoms with Crippen LogP contribution in [0.2, 0.25) is 0 Å². The van der Waals surface area contributed by atoms with Crippen LogP contribution in [0.5, 0.6) is 0 Å². The number of aliphatic hydroxyl groups excluding tert-OH is 3. The molecule has 0 aromatic carbocycles. The van der Waals surface area contributed by atoms with Crippen molar-refractivity contribution in [2.24, 2.45) is 0 Å². The number of pyridine rings is 1. The Morgan fingerprint density at radius 3 is 2.25 bits per heavy atom. The summed E-state index contributed by atoms with van der Waals surface area (Å²) in [6.07, 6.45) is 1.66. The molecule has 6 heteroatoms. The highest BCUT2D eigenvalue weighted by Crippen LogP contribution is 2.08. The van der Waals surface area contributed by atoms with E-state index in [0.29, 0.717) is 6.54 Å². The van der Waals surface area contributed by atoms with Crippen LogP contribution in [0.4, 0.5) is 0 Å². The fraction of sp³-hybridized carbons (Fsp3) is 0.500. The number of nitrogens with zero attached hydrogens (tertiary/aromatic N) is 1. The molecule has 0 aliphatic carbocycles. The Morgan fingerprint density at radius 2 is 1.81 bits per heavy atom. The van der Waals surface area contributed by atoms with Crippen LogP contribution in [0.1, 0.15) is 5.69 Å². The molecule has 0 amide bonds. The lowest BCUT2D eigenvalue weighted by molar-refractivity contribution is 0.0411. The number of nitrogens with one attached hydrogen (secondary N) is 1. The molecule has 0 saturated heterocycles. The molecule has 5 nitrogen and oxygen atoms in total. The van der Waals surface area contributed by atoms with Crippen molar-refractivity contribution >= 4 is 15.9 Å². The van der Waals surface area contributed by atoms with Crippen LogP contribution in [-0.2, 0) is 6.54 Å². The number of hydrogen-bond acceptors (Lipinski definition) is 5. The van der Waals surface area contributed by atoms with Crippen molar-refractivity contribution in [3.05, 3.63) is 28.5 Å². The van der Waals surface area contributed by atoms with Gasteiger partial charge in [-0.05, 0) is 28.1 Å². The zero-order valence-corrected chi connectivity index (χ0v) is 10.3. The van der Waals surface area contributed by atoms with Gasteiger partial charge in [0.25, 0.3) is 0 Å². The van der Waals surface area contributed by atoms with Gasteiger partial charge in [0.2, 0.25) is 0 Å². The first-order valence-electron chi connectivity index (χ1n) is 4.84. The van der Waals surface area contributed by atoms with Crippen LogP contribution in [0.15, 0.2) is 22.8 Å². The highest BCUT2D eigenvalue weighted by Gasteiger charge is 2.27. The fourth-order valence-corrected chi connectivity index (χ4v) is 1.34. The summed E-state index contributed by atoms with van der Waals surface area (Å²) in [6.45, 7) is -0.640. The number of rotatable bonds is 6. The molecular formula is C10H15BrN2O3. The molecule has 0 aliphatic rings. The summed E-state index contributed by atoms with van der Waals surface area (Å²) >= 11 is 3.27. The molecule has 90 valence electrons. The molecule has 1 heterocycles. The molecule has 0 saturated carbocycles. The second-order valence-corrected chi connectivity index (χ2v) is 4.49. The second-order valence-electron chi connectivity index (χ2n) is 3.58. The van der Waals surface area contributed by atoms with E-state index in [1.807, 2.05) is 12.1 Å². The summed E-state index contributed by atoms with van der Waals surface area (Å²) in [6, 6.07) is 3.66. The third-order valence-electron chi connectivity index (χ3n) is 2.34. The van der Waals surface area contributed by atoms with E-state index in [0.717, 1.165) is 10.2 Å². The zero-order valence-electron chi connectivity index (χ0n) is 8.73. The van der Waals surface area contributed by atoms with Crippen LogP contribution >= 0.6 is 15.9 Å². The van der Waals surface area contributed by atoms with Crippen molar-refractivity contribution in [2.45, 2.75) is 12.1 Å². The van der Waals surface area contributed by atoms with E-state index >= 15 is 0 Å². The van der Waals surface area contributed by atoms with E-state index < -0.39 is 5.54 Å². The minimum atomic E-state index is -1.06. The molecule has 1 rings (SSSR count). The molecule has 16 heavy (non-hydrogen) atoms. The normalized spacial score (nSPS) is 11.8. The van der Waals surface area contributed by atoms with E-state index in [4.69, 9.17) is 15.3 Å². The number of halogens is 1. The molecule has 4 N–H and O–H groups in total. The lowest BCUT2D eigenvalue weighted by Gasteiger charge is -2.28. The highest BCUT2D eigenvalue weighted by molar-refractivity contribution is 9.10. The van der Waals surface area contributed by atoms with Gasteiger partial charge in [-0.15, -0.1) is 0 Å². The van der Waals surface area contributed by atoms with Crippen LogP contribution in [0.3, 0.4) is 0 Å². The predicted octanol–water partition coefficient (Wildman–Crippen LogP) is -0.351. The standard InChI is InChI=1S/C10H15BrN2O3/c11-8-1-2-9(12-3-8)4-13-10(5-14,6-15)7-16/h1-3,13-16H,4-7H2. The molecule has 0 radical (unpaired) electrons. The van der Waals surface area contributed by atoms with Crippen LogP contribution in [0.25, 0.3) is 0 Å². The number of aromatic nitrogens is 1. The maximum absolute atomic E-state index is 9.09. The van der Waals surface area contributed by atoms with Gasteiger partial charge in [0.05, 0.1) is 31.1 Å². The summed E-state index contributed by atoms with van der Waals surface area (Å²) in [7, 11) is 0. The van der Waals surface area contributed by atoms with E-state index in [2.05, 4.69) is 26.2 Å². The fourth-order valence-electron chi connectivity index (χ4n) is 1.11. The number of aliphatic hydroxyl groups is 3. The topological polar surface area (TPSA) is 85.6 Å². The first kappa shape index (κ1) is 13.5. The Balaban J connectivity index is 2.58. The van der Waals surface area contributed by atoms with Crippen molar-refractivity contribution in [3.63, 3.8) is 0 Å². The van der Waals surface area contributed by atoms with Crippen LogP contribution < -0.4 is 5.32 Å². The Labute approximate surface area is 102 Å². The van der Waals surface area contributed by atoms with Gasteiger partial charge >= 0.3 is 0 Å². The maximum Gasteiger partial charge on any atom is 0.0884 e. The smallest absolute Gasteiger partial charge is 0.0884 e. The monoisotopic (exact) mass is 290 g/mol. The van der Waals surface area contributed by atoms with Crippen molar-refractivity contribution in [2.75, 3.05) is 19.8 Å². The third-order valence-corrected chi connectivity index (χ3v) is 2.81. The maximum atomic E-state index is 9.09. The lowest BCUT2D eigenvalue weighted by Crippen LogP contribution is -2.54. The second kappa shape index (κ2) is 6.27. The molecule has 0 spiro atoms. The average molecular weight is 291 g/mol. The largest absolute Gasteiger partial charge is 0.394 e. The van der Waals surface area contributed by atoms with Gasteiger partial charge in [0.15, 0.2) is 0 Å². The molecule has 1 aromatic heterocycles. The first-order valence-corrected chi connectivity index (χ1v) is 5.63. The van der Waals surface area contributed by atoms with Crippen LogP contribution in [-0.4, -0.2) is 45.7 Å². The van der Waals surface area contributed by atoms with Crippen molar-refractivity contribution in [1.29, 1.82) is 0 Å².